The molecule has 0 radical (unpaired) electrons. The van der Waals surface area contributed by atoms with Gasteiger partial charge in [0.05, 0.1) is 6.61 Å². The van der Waals surface area contributed by atoms with E-state index in [1.54, 1.807) is 0 Å². The number of unbranched alkanes of at least 4 members (excludes halogenated alkanes) is 3. The molecule has 136 valence electrons. The third kappa shape index (κ3) is 5.09. The number of nitrogens with one attached hydrogen (secondary N) is 1. The largest absolute Gasteiger partial charge is 0.493 e. The maximum Gasteiger partial charge on any atom is 0.124 e. The normalized spacial score (nSPS) is 11.0. The Morgan fingerprint density at radius 3 is 2.42 bits per heavy atom. The molecule has 0 aliphatic carbocycles. The first kappa shape index (κ1) is 18.5. The molecule has 26 heavy (non-hydrogen) atoms. The van der Waals surface area contributed by atoms with E-state index in [-0.39, 0.29) is 0 Å². The summed E-state index contributed by atoms with van der Waals surface area (Å²) in [7, 11) is 0. The predicted octanol–water partition coefficient (Wildman–Crippen LogP) is 6.09. The van der Waals surface area contributed by atoms with Gasteiger partial charge in [-0.3, -0.25) is 0 Å². The van der Waals surface area contributed by atoms with Gasteiger partial charge in [-0.1, -0.05) is 86.8 Å². The minimum atomic E-state index is 0.796. The second-order valence-electron chi connectivity index (χ2n) is 6.76. The summed E-state index contributed by atoms with van der Waals surface area (Å²) in [5, 5.41) is 6.12. The number of benzene rings is 3. The lowest BCUT2D eigenvalue weighted by molar-refractivity contribution is 0.302. The van der Waals surface area contributed by atoms with E-state index in [0.717, 1.165) is 31.9 Å². The molecule has 0 aliphatic heterocycles. The van der Waals surface area contributed by atoms with Crippen LogP contribution in [0.5, 0.6) is 5.75 Å². The molecule has 0 aliphatic rings. The maximum atomic E-state index is 6.15. The van der Waals surface area contributed by atoms with Gasteiger partial charge in [-0.05, 0) is 28.8 Å². The minimum Gasteiger partial charge on any atom is -0.493 e. The second kappa shape index (κ2) is 9.98. The predicted molar refractivity (Wildman–Crippen MR) is 111 cm³/mol. The van der Waals surface area contributed by atoms with Crippen molar-refractivity contribution in [3.8, 4) is 5.75 Å². The molecule has 3 aromatic rings. The van der Waals surface area contributed by atoms with Crippen LogP contribution < -0.4 is 10.1 Å². The highest BCUT2D eigenvalue weighted by molar-refractivity contribution is 5.87. The van der Waals surface area contributed by atoms with E-state index in [0.29, 0.717) is 0 Å². The molecule has 0 spiro atoms. The van der Waals surface area contributed by atoms with Crippen LogP contribution in [0.2, 0.25) is 0 Å². The Balaban J connectivity index is 1.70. The van der Waals surface area contributed by atoms with Gasteiger partial charge in [-0.25, -0.2) is 0 Å². The third-order valence-corrected chi connectivity index (χ3v) is 4.73. The summed E-state index contributed by atoms with van der Waals surface area (Å²) in [4.78, 5) is 0. The lowest BCUT2D eigenvalue weighted by Crippen LogP contribution is -2.14. The van der Waals surface area contributed by atoms with E-state index in [1.807, 2.05) is 0 Å². The molecular formula is C24H29NO. The molecule has 0 bridgehead atoms. The Morgan fingerprint density at radius 1 is 0.769 bits per heavy atom. The molecule has 1 N–H and O–H groups in total. The molecule has 0 saturated carbocycles. The van der Waals surface area contributed by atoms with Crippen molar-refractivity contribution in [3.63, 3.8) is 0 Å². The van der Waals surface area contributed by atoms with E-state index < -0.39 is 0 Å². The summed E-state index contributed by atoms with van der Waals surface area (Å²) >= 11 is 0. The lowest BCUT2D eigenvalue weighted by atomic mass is 10.0. The fourth-order valence-corrected chi connectivity index (χ4v) is 3.27. The molecule has 3 rings (SSSR count). The van der Waals surface area contributed by atoms with Gasteiger partial charge in [0.2, 0.25) is 0 Å². The summed E-state index contributed by atoms with van der Waals surface area (Å²) in [5.74, 6) is 1.01. The molecule has 0 fully saturated rings. The summed E-state index contributed by atoms with van der Waals surface area (Å²) < 4.78 is 6.15. The highest BCUT2D eigenvalue weighted by atomic mass is 16.5. The molecule has 2 nitrogen and oxygen atoms in total. The first-order valence-corrected chi connectivity index (χ1v) is 9.76. The van der Waals surface area contributed by atoms with Crippen LogP contribution in [0, 0.1) is 0 Å². The molecule has 0 saturated heterocycles. The van der Waals surface area contributed by atoms with Crippen molar-refractivity contribution in [3.05, 3.63) is 77.9 Å². The fraction of sp³-hybridized carbons (Fsp3) is 0.333. The minimum absolute atomic E-state index is 0.796. The standard InChI is InChI=1S/C24H29NO/c1-2-3-4-10-17-26-24-16-15-21-13-8-9-14-22(21)23(24)19-25-18-20-11-6-5-7-12-20/h5-9,11-16,25H,2-4,10,17-19H2,1H3. The smallest absolute Gasteiger partial charge is 0.124 e. The van der Waals surface area contributed by atoms with Crippen molar-refractivity contribution in [1.82, 2.24) is 5.32 Å². The van der Waals surface area contributed by atoms with Gasteiger partial charge in [0.25, 0.3) is 0 Å². The summed E-state index contributed by atoms with van der Waals surface area (Å²) in [6.07, 6.45) is 4.90. The Labute approximate surface area is 157 Å². The topological polar surface area (TPSA) is 21.3 Å². The molecule has 0 unspecified atom stereocenters. The first-order valence-electron chi connectivity index (χ1n) is 9.76. The zero-order chi connectivity index (χ0) is 18.0. The molecule has 3 aromatic carbocycles. The van der Waals surface area contributed by atoms with Crippen LogP contribution in [0.25, 0.3) is 10.8 Å². The van der Waals surface area contributed by atoms with Gasteiger partial charge < -0.3 is 10.1 Å². The van der Waals surface area contributed by atoms with Gasteiger partial charge in [0.15, 0.2) is 0 Å². The quantitative estimate of drug-likeness (QED) is 0.448. The van der Waals surface area contributed by atoms with Crippen LogP contribution in [-0.4, -0.2) is 6.61 Å². The van der Waals surface area contributed by atoms with Gasteiger partial charge in [0, 0.05) is 18.7 Å². The SMILES string of the molecule is CCCCCCOc1ccc2ccccc2c1CNCc1ccccc1. The van der Waals surface area contributed by atoms with Crippen LogP contribution in [0.15, 0.2) is 66.7 Å². The van der Waals surface area contributed by atoms with Gasteiger partial charge in [-0.2, -0.15) is 0 Å². The fourth-order valence-electron chi connectivity index (χ4n) is 3.27. The van der Waals surface area contributed by atoms with E-state index in [9.17, 15) is 0 Å². The van der Waals surface area contributed by atoms with Crippen LogP contribution >= 0.6 is 0 Å². The Hall–Kier alpha value is -2.32. The van der Waals surface area contributed by atoms with Crippen molar-refractivity contribution in [2.75, 3.05) is 6.61 Å². The molecule has 0 aromatic heterocycles. The average molecular weight is 348 g/mol. The van der Waals surface area contributed by atoms with Gasteiger partial charge in [0.1, 0.15) is 5.75 Å². The Morgan fingerprint density at radius 2 is 1.58 bits per heavy atom. The molecule has 0 amide bonds. The zero-order valence-corrected chi connectivity index (χ0v) is 15.7. The van der Waals surface area contributed by atoms with Crippen molar-refractivity contribution < 1.29 is 4.74 Å². The maximum absolute atomic E-state index is 6.15. The number of ether oxygens (including phenoxy) is 1. The van der Waals surface area contributed by atoms with Crippen LogP contribution in [-0.2, 0) is 13.1 Å². The molecular weight excluding hydrogens is 318 g/mol. The second-order valence-corrected chi connectivity index (χ2v) is 6.76. The van der Waals surface area contributed by atoms with Gasteiger partial charge in [-0.15, -0.1) is 0 Å². The van der Waals surface area contributed by atoms with Crippen LogP contribution in [0.1, 0.15) is 43.7 Å². The Bertz CT molecular complexity index is 798. The van der Waals surface area contributed by atoms with E-state index in [2.05, 4.69) is 79.0 Å². The van der Waals surface area contributed by atoms with Gasteiger partial charge >= 0.3 is 0 Å². The molecule has 2 heteroatoms. The van der Waals surface area contributed by atoms with Crippen molar-refractivity contribution in [1.29, 1.82) is 0 Å². The van der Waals surface area contributed by atoms with E-state index in [1.165, 1.54) is 41.2 Å². The zero-order valence-electron chi connectivity index (χ0n) is 15.7. The average Bonchev–Trinajstić information content (AvgIpc) is 2.69. The lowest BCUT2D eigenvalue weighted by Gasteiger charge is -2.15. The van der Waals surface area contributed by atoms with Crippen molar-refractivity contribution >= 4 is 10.8 Å². The highest BCUT2D eigenvalue weighted by Gasteiger charge is 2.09. The number of fused-ring (bicyclic) bond motifs is 1. The third-order valence-electron chi connectivity index (χ3n) is 4.73. The van der Waals surface area contributed by atoms with E-state index >= 15 is 0 Å². The number of hydrogen-bond donors (Lipinski definition) is 1. The summed E-state index contributed by atoms with van der Waals surface area (Å²) in [5.41, 5.74) is 2.56. The summed E-state index contributed by atoms with van der Waals surface area (Å²) in [6, 6.07) is 23.4. The van der Waals surface area contributed by atoms with Crippen molar-refractivity contribution in [2.24, 2.45) is 0 Å². The monoisotopic (exact) mass is 347 g/mol. The number of hydrogen-bond acceptors (Lipinski definition) is 2. The number of rotatable bonds is 10. The first-order chi connectivity index (χ1) is 12.9. The van der Waals surface area contributed by atoms with Crippen LogP contribution in [0.4, 0.5) is 0 Å². The molecule has 0 atom stereocenters. The highest BCUT2D eigenvalue weighted by Crippen LogP contribution is 2.28. The Kier molecular flexibility index (Phi) is 7.09. The summed E-state index contributed by atoms with van der Waals surface area (Å²) in [6.45, 7) is 4.70. The van der Waals surface area contributed by atoms with Crippen LogP contribution in [0.3, 0.4) is 0 Å². The molecule has 0 heterocycles. The van der Waals surface area contributed by atoms with E-state index in [4.69, 9.17) is 4.74 Å². The van der Waals surface area contributed by atoms with Crippen molar-refractivity contribution in [2.45, 2.75) is 45.7 Å².